The second-order valence-corrected chi connectivity index (χ2v) is 6.42. The minimum absolute atomic E-state index is 0.0816. The standard InChI is InChI=1S/C11H14ClNO5S/c1-11(2,10(14)15)13-19(16,17)9-6-7(12)4-5-8(9)18-3/h4-6,13H,1-3H3,(H,14,15). The summed E-state index contributed by atoms with van der Waals surface area (Å²) >= 11 is 5.75. The van der Waals surface area contributed by atoms with Crippen LogP contribution in [0.15, 0.2) is 23.1 Å². The fourth-order valence-electron chi connectivity index (χ4n) is 1.30. The largest absolute Gasteiger partial charge is 0.495 e. The summed E-state index contributed by atoms with van der Waals surface area (Å²) in [5.41, 5.74) is -1.65. The van der Waals surface area contributed by atoms with Crippen molar-refractivity contribution in [3.05, 3.63) is 23.2 Å². The number of carboxylic acids is 1. The van der Waals surface area contributed by atoms with E-state index in [1.807, 2.05) is 0 Å². The lowest BCUT2D eigenvalue weighted by Gasteiger charge is -2.21. The molecule has 0 amide bonds. The van der Waals surface area contributed by atoms with Gasteiger partial charge in [0.05, 0.1) is 7.11 Å². The van der Waals surface area contributed by atoms with Crippen molar-refractivity contribution in [3.63, 3.8) is 0 Å². The molecule has 1 rings (SSSR count). The second-order valence-electron chi connectivity index (χ2n) is 4.33. The van der Waals surface area contributed by atoms with Gasteiger partial charge in [-0.2, -0.15) is 4.72 Å². The van der Waals surface area contributed by atoms with E-state index in [0.717, 1.165) is 0 Å². The highest BCUT2D eigenvalue weighted by atomic mass is 35.5. The van der Waals surface area contributed by atoms with Gasteiger partial charge in [0.15, 0.2) is 0 Å². The van der Waals surface area contributed by atoms with Gasteiger partial charge in [-0.25, -0.2) is 8.42 Å². The van der Waals surface area contributed by atoms with E-state index in [2.05, 4.69) is 4.72 Å². The maximum Gasteiger partial charge on any atom is 0.324 e. The fraction of sp³-hybridized carbons (Fsp3) is 0.364. The first kappa shape index (κ1) is 15.7. The molecule has 0 fully saturated rings. The SMILES string of the molecule is COc1ccc(Cl)cc1S(=O)(=O)NC(C)(C)C(=O)O. The second kappa shape index (κ2) is 5.36. The molecule has 6 nitrogen and oxygen atoms in total. The molecule has 2 N–H and O–H groups in total. The van der Waals surface area contributed by atoms with Crippen LogP contribution in [-0.4, -0.2) is 32.1 Å². The van der Waals surface area contributed by atoms with E-state index in [1.54, 1.807) is 0 Å². The van der Waals surface area contributed by atoms with Gasteiger partial charge < -0.3 is 9.84 Å². The monoisotopic (exact) mass is 307 g/mol. The van der Waals surface area contributed by atoms with Crippen molar-refractivity contribution in [2.75, 3.05) is 7.11 Å². The number of ether oxygens (including phenoxy) is 1. The van der Waals surface area contributed by atoms with Crippen LogP contribution >= 0.6 is 11.6 Å². The molecule has 0 aliphatic heterocycles. The van der Waals surface area contributed by atoms with E-state index >= 15 is 0 Å². The van der Waals surface area contributed by atoms with E-state index in [9.17, 15) is 13.2 Å². The topological polar surface area (TPSA) is 92.7 Å². The Balaban J connectivity index is 3.28. The molecule has 0 aromatic heterocycles. The van der Waals surface area contributed by atoms with E-state index < -0.39 is 21.5 Å². The molecule has 0 spiro atoms. The van der Waals surface area contributed by atoms with Gasteiger partial charge in [0, 0.05) is 5.02 Å². The van der Waals surface area contributed by atoms with Gasteiger partial charge in [0.25, 0.3) is 0 Å². The Labute approximate surface area is 116 Å². The Morgan fingerprint density at radius 1 is 1.42 bits per heavy atom. The average molecular weight is 308 g/mol. The van der Waals surface area contributed by atoms with E-state index in [-0.39, 0.29) is 15.7 Å². The highest BCUT2D eigenvalue weighted by Crippen LogP contribution is 2.27. The number of sulfonamides is 1. The Morgan fingerprint density at radius 3 is 2.47 bits per heavy atom. The van der Waals surface area contributed by atoms with Crippen LogP contribution in [0, 0.1) is 0 Å². The number of nitrogens with one attached hydrogen (secondary N) is 1. The Bertz CT molecular complexity index is 597. The zero-order chi connectivity index (χ0) is 14.8. The molecular formula is C11H14ClNO5S. The number of rotatable bonds is 5. The molecular weight excluding hydrogens is 294 g/mol. The van der Waals surface area contributed by atoms with Gasteiger partial charge in [0.1, 0.15) is 16.2 Å². The minimum Gasteiger partial charge on any atom is -0.495 e. The normalized spacial score (nSPS) is 12.2. The molecule has 1 aromatic rings. The summed E-state index contributed by atoms with van der Waals surface area (Å²) in [7, 11) is -2.76. The Hall–Kier alpha value is -1.31. The number of methoxy groups -OCH3 is 1. The van der Waals surface area contributed by atoms with Gasteiger partial charge in [-0.15, -0.1) is 0 Å². The molecule has 1 aromatic carbocycles. The first-order chi connectivity index (χ1) is 8.60. The molecule has 0 radical (unpaired) electrons. The number of carboxylic acid groups (broad SMARTS) is 1. The van der Waals surface area contributed by atoms with E-state index in [1.165, 1.54) is 39.2 Å². The summed E-state index contributed by atoms with van der Waals surface area (Å²) in [6.45, 7) is 2.48. The van der Waals surface area contributed by atoms with E-state index in [4.69, 9.17) is 21.4 Å². The lowest BCUT2D eigenvalue weighted by molar-refractivity contribution is -0.142. The maximum atomic E-state index is 12.2. The molecule has 19 heavy (non-hydrogen) atoms. The van der Waals surface area contributed by atoms with Crippen molar-refractivity contribution in [2.45, 2.75) is 24.3 Å². The molecule has 0 saturated heterocycles. The highest BCUT2D eigenvalue weighted by molar-refractivity contribution is 7.89. The quantitative estimate of drug-likeness (QED) is 0.859. The first-order valence-electron chi connectivity index (χ1n) is 5.21. The van der Waals surface area contributed by atoms with Crippen LogP contribution in [0.5, 0.6) is 5.75 Å². The molecule has 0 unspecified atom stereocenters. The molecule has 0 aliphatic rings. The third-order valence-corrected chi connectivity index (χ3v) is 4.25. The van der Waals surface area contributed by atoms with Gasteiger partial charge in [-0.3, -0.25) is 4.79 Å². The first-order valence-corrected chi connectivity index (χ1v) is 7.07. The molecule has 0 bridgehead atoms. The van der Waals surface area contributed by atoms with Crippen molar-refractivity contribution >= 4 is 27.6 Å². The summed E-state index contributed by atoms with van der Waals surface area (Å²) in [4.78, 5) is 10.8. The number of carbonyl (C=O) groups is 1. The third kappa shape index (κ3) is 3.59. The van der Waals surface area contributed by atoms with Crippen LogP contribution in [-0.2, 0) is 14.8 Å². The van der Waals surface area contributed by atoms with Crippen molar-refractivity contribution in [2.24, 2.45) is 0 Å². The average Bonchev–Trinajstić information content (AvgIpc) is 2.27. The lowest BCUT2D eigenvalue weighted by Crippen LogP contribution is -2.49. The molecule has 0 atom stereocenters. The maximum absolute atomic E-state index is 12.2. The number of benzene rings is 1. The Kier molecular flexibility index (Phi) is 4.44. The zero-order valence-electron chi connectivity index (χ0n) is 10.6. The summed E-state index contributed by atoms with van der Waals surface area (Å²) < 4.78 is 31.4. The Morgan fingerprint density at radius 2 is 2.00 bits per heavy atom. The van der Waals surface area contributed by atoms with Crippen LogP contribution < -0.4 is 9.46 Å². The fourth-order valence-corrected chi connectivity index (χ4v) is 3.10. The van der Waals surface area contributed by atoms with Gasteiger partial charge in [0.2, 0.25) is 10.0 Å². The summed E-state index contributed by atoms with van der Waals surface area (Å²) in [5, 5.41) is 9.15. The van der Waals surface area contributed by atoms with Crippen molar-refractivity contribution < 1.29 is 23.1 Å². The van der Waals surface area contributed by atoms with Crippen molar-refractivity contribution in [1.82, 2.24) is 4.72 Å². The molecule has 8 heteroatoms. The van der Waals surface area contributed by atoms with Crippen molar-refractivity contribution in [3.8, 4) is 5.75 Å². The van der Waals surface area contributed by atoms with Crippen molar-refractivity contribution in [1.29, 1.82) is 0 Å². The summed E-state index contributed by atoms with van der Waals surface area (Å²) in [6, 6.07) is 4.06. The molecule has 0 heterocycles. The highest BCUT2D eigenvalue weighted by Gasteiger charge is 2.34. The van der Waals surface area contributed by atoms with Gasteiger partial charge in [-0.05, 0) is 32.0 Å². The predicted molar refractivity (Wildman–Crippen MR) is 70.0 cm³/mol. The van der Waals surface area contributed by atoms with E-state index in [0.29, 0.717) is 0 Å². The molecule has 0 saturated carbocycles. The van der Waals surface area contributed by atoms with Gasteiger partial charge >= 0.3 is 5.97 Å². The number of halogens is 1. The minimum atomic E-state index is -4.07. The molecule has 106 valence electrons. The summed E-state index contributed by atoms with van der Waals surface area (Å²) in [5.74, 6) is -1.21. The number of hydrogen-bond acceptors (Lipinski definition) is 4. The van der Waals surface area contributed by atoms with Crippen LogP contribution in [0.25, 0.3) is 0 Å². The predicted octanol–water partition coefficient (Wildman–Crippen LogP) is 1.49. The van der Waals surface area contributed by atoms with Crippen LogP contribution in [0.3, 0.4) is 0 Å². The van der Waals surface area contributed by atoms with Gasteiger partial charge in [-0.1, -0.05) is 11.6 Å². The van der Waals surface area contributed by atoms with Crippen LogP contribution in [0.4, 0.5) is 0 Å². The number of hydrogen-bond donors (Lipinski definition) is 2. The number of aliphatic carboxylic acids is 1. The van der Waals surface area contributed by atoms with Crippen LogP contribution in [0.2, 0.25) is 5.02 Å². The lowest BCUT2D eigenvalue weighted by atomic mass is 10.1. The summed E-state index contributed by atoms with van der Waals surface area (Å²) in [6.07, 6.45) is 0. The smallest absolute Gasteiger partial charge is 0.324 e. The zero-order valence-corrected chi connectivity index (χ0v) is 12.2. The van der Waals surface area contributed by atoms with Crippen LogP contribution in [0.1, 0.15) is 13.8 Å². The third-order valence-electron chi connectivity index (χ3n) is 2.34. The molecule has 0 aliphatic carbocycles.